The van der Waals surface area contributed by atoms with Crippen LogP contribution in [-0.2, 0) is 9.84 Å². The van der Waals surface area contributed by atoms with E-state index in [2.05, 4.69) is 0 Å². The van der Waals surface area contributed by atoms with Gasteiger partial charge in [-0.3, -0.25) is 0 Å². The number of nitrogens with two attached hydrogens (primary N) is 1. The lowest BCUT2D eigenvalue weighted by Crippen LogP contribution is -2.11. The van der Waals surface area contributed by atoms with Gasteiger partial charge in [-0.2, -0.15) is 0 Å². The van der Waals surface area contributed by atoms with Gasteiger partial charge in [-0.1, -0.05) is 12.1 Å². The van der Waals surface area contributed by atoms with E-state index < -0.39 is 28.4 Å². The molecule has 1 aromatic carbocycles. The number of nitrogen functional groups attached to an aromatic ring is 1. The van der Waals surface area contributed by atoms with Gasteiger partial charge in [-0.15, -0.1) is 0 Å². The van der Waals surface area contributed by atoms with Crippen LogP contribution in [-0.4, -0.2) is 20.6 Å². The third-order valence-electron chi connectivity index (χ3n) is 1.86. The minimum atomic E-state index is -3.69. The minimum Gasteiger partial charge on any atom is -0.398 e. The van der Waals surface area contributed by atoms with Crippen LogP contribution in [0.4, 0.5) is 14.5 Å². The molecule has 0 aliphatic heterocycles. The Kier molecular flexibility index (Phi) is 3.62. The maximum absolute atomic E-state index is 11.9. The maximum Gasteiger partial charge on any atom is 0.239 e. The second kappa shape index (κ2) is 4.57. The zero-order valence-electron chi connectivity index (χ0n) is 7.86. The normalized spacial score (nSPS) is 11.9. The number of halogens is 2. The van der Waals surface area contributed by atoms with E-state index in [9.17, 15) is 17.2 Å². The molecule has 1 aromatic rings. The number of hydrogen-bond acceptors (Lipinski definition) is 3. The number of para-hydroxylation sites is 1. The average Bonchev–Trinajstić information content (AvgIpc) is 2.15. The first-order valence-corrected chi connectivity index (χ1v) is 5.94. The van der Waals surface area contributed by atoms with E-state index >= 15 is 0 Å². The quantitative estimate of drug-likeness (QED) is 0.808. The number of sulfone groups is 1. The number of benzene rings is 1. The highest BCUT2D eigenvalue weighted by Gasteiger charge is 2.19. The molecule has 84 valence electrons. The van der Waals surface area contributed by atoms with Gasteiger partial charge < -0.3 is 5.73 Å². The predicted molar refractivity (Wildman–Crippen MR) is 53.5 cm³/mol. The molecule has 1 rings (SSSR count). The van der Waals surface area contributed by atoms with Gasteiger partial charge >= 0.3 is 0 Å². The van der Waals surface area contributed by atoms with Crippen molar-refractivity contribution in [3.05, 3.63) is 24.3 Å². The molecule has 0 fully saturated rings. The molecule has 0 atom stereocenters. The van der Waals surface area contributed by atoms with E-state index in [4.69, 9.17) is 5.73 Å². The number of rotatable bonds is 4. The van der Waals surface area contributed by atoms with Crippen molar-refractivity contribution >= 4 is 15.5 Å². The Labute approximate surface area is 86.8 Å². The summed E-state index contributed by atoms with van der Waals surface area (Å²) in [5, 5.41) is 0. The molecule has 0 spiro atoms. The highest BCUT2D eigenvalue weighted by molar-refractivity contribution is 7.91. The number of anilines is 1. The second-order valence-electron chi connectivity index (χ2n) is 3.04. The number of hydrogen-bond donors (Lipinski definition) is 1. The Bertz CT molecular complexity index is 431. The summed E-state index contributed by atoms with van der Waals surface area (Å²) in [7, 11) is -3.69. The summed E-state index contributed by atoms with van der Waals surface area (Å²) >= 11 is 0. The molecular formula is C9H11F2NO2S. The topological polar surface area (TPSA) is 60.2 Å². The van der Waals surface area contributed by atoms with Crippen LogP contribution in [0.1, 0.15) is 6.42 Å². The van der Waals surface area contributed by atoms with Crippen LogP contribution in [0.25, 0.3) is 0 Å². The fraction of sp³-hybridized carbons (Fsp3) is 0.333. The Hall–Kier alpha value is -1.17. The van der Waals surface area contributed by atoms with Crippen LogP contribution in [0.2, 0.25) is 0 Å². The molecule has 15 heavy (non-hydrogen) atoms. The number of alkyl halides is 2. The van der Waals surface area contributed by atoms with Crippen molar-refractivity contribution in [2.75, 3.05) is 11.5 Å². The summed E-state index contributed by atoms with van der Waals surface area (Å²) in [6.07, 6.45) is -3.29. The summed E-state index contributed by atoms with van der Waals surface area (Å²) < 4.78 is 46.9. The lowest BCUT2D eigenvalue weighted by Gasteiger charge is -2.06. The molecule has 0 heterocycles. The van der Waals surface area contributed by atoms with Gasteiger partial charge in [-0.05, 0) is 12.1 Å². The monoisotopic (exact) mass is 235 g/mol. The molecule has 0 aliphatic rings. The summed E-state index contributed by atoms with van der Waals surface area (Å²) in [6.45, 7) is 0. The highest BCUT2D eigenvalue weighted by atomic mass is 32.2. The molecule has 0 bridgehead atoms. The second-order valence-corrected chi connectivity index (χ2v) is 5.11. The van der Waals surface area contributed by atoms with Crippen molar-refractivity contribution in [3.8, 4) is 0 Å². The van der Waals surface area contributed by atoms with Crippen LogP contribution >= 0.6 is 0 Å². The first kappa shape index (κ1) is 11.9. The summed E-state index contributed by atoms with van der Waals surface area (Å²) in [5.74, 6) is -0.584. The molecule has 0 aromatic heterocycles. The minimum absolute atomic E-state index is 0.0781. The molecule has 0 aliphatic carbocycles. The first-order chi connectivity index (χ1) is 6.93. The van der Waals surface area contributed by atoms with Crippen molar-refractivity contribution in [3.63, 3.8) is 0 Å². The van der Waals surface area contributed by atoms with Crippen LogP contribution in [0.3, 0.4) is 0 Å². The highest BCUT2D eigenvalue weighted by Crippen LogP contribution is 2.20. The average molecular weight is 235 g/mol. The van der Waals surface area contributed by atoms with Crippen molar-refractivity contribution in [2.24, 2.45) is 0 Å². The Morgan fingerprint density at radius 3 is 2.40 bits per heavy atom. The zero-order valence-corrected chi connectivity index (χ0v) is 8.68. The van der Waals surface area contributed by atoms with E-state index in [-0.39, 0.29) is 10.6 Å². The smallest absolute Gasteiger partial charge is 0.239 e. The standard InChI is InChI=1S/C9H11F2NO2S/c10-9(11)5-6-15(13,14)8-4-2-1-3-7(8)12/h1-4,9H,5-6,12H2. The van der Waals surface area contributed by atoms with Gasteiger partial charge in [0, 0.05) is 6.42 Å². The van der Waals surface area contributed by atoms with Gasteiger partial charge in [0.25, 0.3) is 0 Å². The van der Waals surface area contributed by atoms with Crippen LogP contribution in [0, 0.1) is 0 Å². The lowest BCUT2D eigenvalue weighted by molar-refractivity contribution is 0.145. The van der Waals surface area contributed by atoms with Gasteiger partial charge in [0.2, 0.25) is 6.43 Å². The lowest BCUT2D eigenvalue weighted by atomic mass is 10.3. The van der Waals surface area contributed by atoms with Crippen molar-refractivity contribution in [1.82, 2.24) is 0 Å². The van der Waals surface area contributed by atoms with E-state index in [0.29, 0.717) is 0 Å². The predicted octanol–water partition coefficient (Wildman–Crippen LogP) is 1.70. The van der Waals surface area contributed by atoms with Crippen molar-refractivity contribution < 1.29 is 17.2 Å². The third kappa shape index (κ3) is 3.16. The summed E-state index contributed by atoms with van der Waals surface area (Å²) in [4.78, 5) is -0.0781. The van der Waals surface area contributed by atoms with E-state index in [0.717, 1.165) is 0 Å². The van der Waals surface area contributed by atoms with Gasteiger partial charge in [0.1, 0.15) is 0 Å². The Balaban J connectivity index is 2.92. The molecule has 2 N–H and O–H groups in total. The maximum atomic E-state index is 11.9. The largest absolute Gasteiger partial charge is 0.398 e. The molecule has 3 nitrogen and oxygen atoms in total. The van der Waals surface area contributed by atoms with Crippen LogP contribution in [0.5, 0.6) is 0 Å². The first-order valence-electron chi connectivity index (χ1n) is 4.29. The molecule has 0 amide bonds. The molecular weight excluding hydrogens is 224 g/mol. The molecule has 6 heteroatoms. The fourth-order valence-electron chi connectivity index (χ4n) is 1.12. The molecule has 0 radical (unpaired) electrons. The third-order valence-corrected chi connectivity index (χ3v) is 3.67. The van der Waals surface area contributed by atoms with Gasteiger partial charge in [-0.25, -0.2) is 17.2 Å². The molecule has 0 unspecified atom stereocenters. The van der Waals surface area contributed by atoms with E-state index in [1.165, 1.54) is 18.2 Å². The molecule has 0 saturated heterocycles. The van der Waals surface area contributed by atoms with Gasteiger partial charge in [0.15, 0.2) is 9.84 Å². The Morgan fingerprint density at radius 2 is 1.87 bits per heavy atom. The summed E-state index contributed by atoms with van der Waals surface area (Å²) in [6, 6.07) is 5.83. The zero-order chi connectivity index (χ0) is 11.5. The van der Waals surface area contributed by atoms with Crippen molar-refractivity contribution in [2.45, 2.75) is 17.7 Å². The SMILES string of the molecule is Nc1ccccc1S(=O)(=O)CCC(F)F. The Morgan fingerprint density at radius 1 is 1.27 bits per heavy atom. The fourth-order valence-corrected chi connectivity index (χ4v) is 2.54. The van der Waals surface area contributed by atoms with Crippen LogP contribution in [0.15, 0.2) is 29.2 Å². The van der Waals surface area contributed by atoms with E-state index in [1.54, 1.807) is 6.07 Å². The molecule has 0 saturated carbocycles. The van der Waals surface area contributed by atoms with Crippen molar-refractivity contribution in [1.29, 1.82) is 0 Å². The van der Waals surface area contributed by atoms with Gasteiger partial charge in [0.05, 0.1) is 16.3 Å². The van der Waals surface area contributed by atoms with E-state index in [1.807, 2.05) is 0 Å². The summed E-state index contributed by atoms with van der Waals surface area (Å²) in [5.41, 5.74) is 5.54. The van der Waals surface area contributed by atoms with Crippen LogP contribution < -0.4 is 5.73 Å².